The summed E-state index contributed by atoms with van der Waals surface area (Å²) >= 11 is 0. The zero-order valence-corrected chi connectivity index (χ0v) is 34.8. The van der Waals surface area contributed by atoms with Crippen molar-refractivity contribution in [2.75, 3.05) is 20.1 Å². The van der Waals surface area contributed by atoms with Gasteiger partial charge in [-0.25, -0.2) is 0 Å². The SMILES string of the molecule is CC(C)C1NC(=O)C(CCCCN)NC(=O)CNC(=O)C(Cc2ccc(O)c(O)c2)NC(=O)C(C)N(C)C(=O)C(Cc2ccccc2)NC1=O.Cc1c[nH]c2ccccc12. The monoisotopic (exact) mass is 826 g/mol. The Bertz CT molecular complexity index is 2110. The molecule has 10 N–H and O–H groups in total. The van der Waals surface area contributed by atoms with E-state index < -0.39 is 83.9 Å². The number of carbonyl (C=O) groups excluding carboxylic acids is 6. The van der Waals surface area contributed by atoms with Gasteiger partial charge in [-0.2, -0.15) is 0 Å². The number of hydrogen-bond acceptors (Lipinski definition) is 9. The number of rotatable bonds is 9. The van der Waals surface area contributed by atoms with Crippen molar-refractivity contribution in [3.8, 4) is 11.5 Å². The Kier molecular flexibility index (Phi) is 17.0. The number of aromatic nitrogens is 1. The number of hydrogen-bond donors (Lipinski definition) is 9. The molecular weight excluding hydrogens is 769 g/mol. The molecule has 5 rings (SSSR count). The first-order valence-corrected chi connectivity index (χ1v) is 20.1. The van der Waals surface area contributed by atoms with E-state index in [2.05, 4.69) is 56.7 Å². The molecule has 4 aromatic rings. The maximum atomic E-state index is 14.0. The lowest BCUT2D eigenvalue weighted by Crippen LogP contribution is -2.61. The average Bonchev–Trinajstić information content (AvgIpc) is 3.61. The Morgan fingerprint density at radius 1 is 0.733 bits per heavy atom. The largest absolute Gasteiger partial charge is 0.504 e. The van der Waals surface area contributed by atoms with Crippen LogP contribution in [0.2, 0.25) is 0 Å². The molecule has 3 aromatic carbocycles. The maximum absolute atomic E-state index is 14.0. The minimum absolute atomic E-state index is 0.0794. The number of unbranched alkanes of at least 4 members (excludes halogenated alkanes) is 1. The van der Waals surface area contributed by atoms with Crippen LogP contribution in [-0.4, -0.2) is 106 Å². The van der Waals surface area contributed by atoms with Crippen LogP contribution in [0, 0.1) is 12.8 Å². The van der Waals surface area contributed by atoms with Crippen LogP contribution >= 0.6 is 0 Å². The number of benzene rings is 3. The molecule has 0 spiro atoms. The molecule has 6 amide bonds. The Morgan fingerprint density at radius 3 is 2.07 bits per heavy atom. The van der Waals surface area contributed by atoms with E-state index in [1.165, 1.54) is 48.6 Å². The molecule has 5 atom stereocenters. The summed E-state index contributed by atoms with van der Waals surface area (Å²) in [6.45, 7) is 6.86. The van der Waals surface area contributed by atoms with E-state index in [9.17, 15) is 39.0 Å². The van der Waals surface area contributed by atoms with Crippen molar-refractivity contribution < 1.29 is 39.0 Å². The lowest BCUT2D eigenvalue weighted by molar-refractivity contribution is -0.142. The van der Waals surface area contributed by atoms with E-state index in [1.807, 2.05) is 18.3 Å². The Hall–Kier alpha value is -6.42. The fourth-order valence-electron chi connectivity index (χ4n) is 6.66. The standard InChI is InChI=1S/C35H49N7O8.C9H9N/c1-20(2)30-34(49)40-26(16-22-10-6-5-7-11-22)35(50)42(4)21(3)31(46)39-25(17-23-13-14-27(43)28(44)18-23)32(47)37-19-29(45)38-24(33(48)41-30)12-8-9-15-36;1-7-6-10-9-5-3-2-4-8(7)9/h5-7,10-11,13-14,18,20-21,24-26,30,43-44H,8-9,12,15-17,19,36H2,1-4H3,(H,37,47)(H,38,45)(H,39,46)(H,40,49)(H,41,48);2-6,10H,1H3. The molecule has 5 unspecified atom stereocenters. The molecule has 0 bridgehead atoms. The van der Waals surface area contributed by atoms with Crippen LogP contribution in [0.5, 0.6) is 11.5 Å². The highest BCUT2D eigenvalue weighted by Crippen LogP contribution is 2.25. The highest BCUT2D eigenvalue weighted by atomic mass is 16.3. The number of carbonyl (C=O) groups is 6. The molecule has 0 aliphatic carbocycles. The molecule has 0 radical (unpaired) electrons. The second-order valence-electron chi connectivity index (χ2n) is 15.3. The lowest BCUT2D eigenvalue weighted by Gasteiger charge is -2.32. The first-order chi connectivity index (χ1) is 28.6. The van der Waals surface area contributed by atoms with Gasteiger partial charge in [0.15, 0.2) is 11.5 Å². The second kappa shape index (κ2) is 22.1. The van der Waals surface area contributed by atoms with Crippen molar-refractivity contribution in [3.05, 3.63) is 95.7 Å². The van der Waals surface area contributed by atoms with Gasteiger partial charge in [-0.3, -0.25) is 28.8 Å². The molecule has 1 aliphatic heterocycles. The number of H-pyrrole nitrogens is 1. The van der Waals surface area contributed by atoms with E-state index in [0.717, 1.165) is 10.5 Å². The van der Waals surface area contributed by atoms with Crippen LogP contribution in [0.4, 0.5) is 0 Å². The molecule has 2 heterocycles. The first-order valence-electron chi connectivity index (χ1n) is 20.1. The normalized spacial score (nSPS) is 21.1. The summed E-state index contributed by atoms with van der Waals surface area (Å²) in [7, 11) is 1.40. The van der Waals surface area contributed by atoms with Crippen molar-refractivity contribution in [1.29, 1.82) is 0 Å². The number of amides is 6. The molecule has 16 nitrogen and oxygen atoms in total. The minimum Gasteiger partial charge on any atom is -0.504 e. The van der Waals surface area contributed by atoms with E-state index in [-0.39, 0.29) is 25.0 Å². The van der Waals surface area contributed by atoms with Crippen LogP contribution in [0.25, 0.3) is 10.9 Å². The summed E-state index contributed by atoms with van der Waals surface area (Å²) in [5, 5.41) is 34.3. The van der Waals surface area contributed by atoms with Crippen molar-refractivity contribution in [2.24, 2.45) is 11.7 Å². The van der Waals surface area contributed by atoms with Gasteiger partial charge in [0.05, 0.1) is 6.54 Å². The van der Waals surface area contributed by atoms with Gasteiger partial charge in [0.1, 0.15) is 30.2 Å². The van der Waals surface area contributed by atoms with Gasteiger partial charge in [-0.15, -0.1) is 0 Å². The molecule has 1 aliphatic rings. The number of phenolic OH excluding ortho intramolecular Hbond substituents is 2. The summed E-state index contributed by atoms with van der Waals surface area (Å²) in [4.78, 5) is 85.7. The number of likely N-dealkylation sites (N-methyl/N-ethyl adjacent to an activating group) is 1. The number of para-hydroxylation sites is 1. The molecule has 1 saturated heterocycles. The van der Waals surface area contributed by atoms with E-state index >= 15 is 0 Å². The fraction of sp³-hybridized carbons (Fsp3) is 0.409. The summed E-state index contributed by atoms with van der Waals surface area (Å²) in [6, 6.07) is 15.5. The molecule has 1 fully saturated rings. The number of aromatic amines is 1. The van der Waals surface area contributed by atoms with Crippen LogP contribution in [0.1, 0.15) is 56.7 Å². The molecule has 1 aromatic heterocycles. The fourth-order valence-corrected chi connectivity index (χ4v) is 6.66. The molecular formula is C44H58N8O8. The molecule has 0 saturated carbocycles. The summed E-state index contributed by atoms with van der Waals surface area (Å²) in [5.41, 5.74) is 9.30. The van der Waals surface area contributed by atoms with Gasteiger partial charge in [0, 0.05) is 37.0 Å². The van der Waals surface area contributed by atoms with Gasteiger partial charge in [-0.1, -0.05) is 68.4 Å². The second-order valence-corrected chi connectivity index (χ2v) is 15.3. The van der Waals surface area contributed by atoms with Crippen LogP contribution < -0.4 is 32.3 Å². The first kappa shape index (κ1) is 46.3. The number of aromatic hydroxyl groups is 2. The molecule has 322 valence electrons. The van der Waals surface area contributed by atoms with Crippen molar-refractivity contribution in [1.82, 2.24) is 36.5 Å². The Morgan fingerprint density at radius 2 is 1.40 bits per heavy atom. The van der Waals surface area contributed by atoms with Gasteiger partial charge in [0.2, 0.25) is 35.4 Å². The predicted molar refractivity (Wildman–Crippen MR) is 227 cm³/mol. The number of nitrogens with zero attached hydrogens (tertiary/aromatic N) is 1. The van der Waals surface area contributed by atoms with Crippen LogP contribution in [-0.2, 0) is 41.6 Å². The van der Waals surface area contributed by atoms with Gasteiger partial charge >= 0.3 is 0 Å². The van der Waals surface area contributed by atoms with E-state index in [0.29, 0.717) is 24.9 Å². The van der Waals surface area contributed by atoms with E-state index in [1.54, 1.807) is 38.1 Å². The predicted octanol–water partition coefficient (Wildman–Crippen LogP) is 2.06. The van der Waals surface area contributed by atoms with Crippen molar-refractivity contribution in [3.63, 3.8) is 0 Å². The number of nitrogens with two attached hydrogens (primary N) is 1. The highest BCUT2D eigenvalue weighted by molar-refractivity contribution is 5.97. The summed E-state index contributed by atoms with van der Waals surface area (Å²) in [6.07, 6.45) is 3.24. The number of phenols is 2. The third-order valence-corrected chi connectivity index (χ3v) is 10.4. The molecule has 60 heavy (non-hydrogen) atoms. The minimum atomic E-state index is -1.28. The van der Waals surface area contributed by atoms with Crippen LogP contribution in [0.15, 0.2) is 79.0 Å². The Labute approximate surface area is 350 Å². The van der Waals surface area contributed by atoms with Gasteiger partial charge in [0.25, 0.3) is 0 Å². The van der Waals surface area contributed by atoms with Crippen LogP contribution in [0.3, 0.4) is 0 Å². The average molecular weight is 827 g/mol. The third-order valence-electron chi connectivity index (χ3n) is 10.4. The quantitative estimate of drug-likeness (QED) is 0.0884. The van der Waals surface area contributed by atoms with E-state index in [4.69, 9.17) is 5.73 Å². The maximum Gasteiger partial charge on any atom is 0.245 e. The topological polar surface area (TPSA) is 248 Å². The highest BCUT2D eigenvalue weighted by Gasteiger charge is 2.35. The number of aryl methyl sites for hydroxylation is 1. The Balaban J connectivity index is 0.000000683. The van der Waals surface area contributed by atoms with Crippen molar-refractivity contribution in [2.45, 2.75) is 90.0 Å². The van der Waals surface area contributed by atoms with Gasteiger partial charge in [-0.05, 0) is 80.5 Å². The molecule has 16 heteroatoms. The zero-order valence-electron chi connectivity index (χ0n) is 34.8. The smallest absolute Gasteiger partial charge is 0.245 e. The summed E-state index contributed by atoms with van der Waals surface area (Å²) < 4.78 is 0. The van der Waals surface area contributed by atoms with Gasteiger partial charge < -0.3 is 52.4 Å². The summed E-state index contributed by atoms with van der Waals surface area (Å²) in [5.74, 6) is -5.18. The number of nitrogens with one attached hydrogen (secondary N) is 6. The zero-order chi connectivity index (χ0) is 43.9. The van der Waals surface area contributed by atoms with Crippen molar-refractivity contribution >= 4 is 46.3 Å². The third kappa shape index (κ3) is 13.0. The number of fused-ring (bicyclic) bond motifs is 1. The lowest BCUT2D eigenvalue weighted by atomic mass is 9.99.